The Bertz CT molecular complexity index is 874. The molecule has 10 heteroatoms. The lowest BCUT2D eigenvalue weighted by Gasteiger charge is -2.17. The third-order valence-electron chi connectivity index (χ3n) is 3.64. The fourth-order valence-corrected chi connectivity index (χ4v) is 2.49. The highest BCUT2D eigenvalue weighted by atomic mass is 35.5. The topological polar surface area (TPSA) is 102 Å². The number of hydrogen-bond acceptors (Lipinski definition) is 5. The summed E-state index contributed by atoms with van der Waals surface area (Å²) in [6, 6.07) is 10.2. The molecular formula is C18H17Cl2N3O5. The molecule has 28 heavy (non-hydrogen) atoms. The van der Waals surface area contributed by atoms with Crippen LogP contribution in [0.3, 0.4) is 0 Å². The summed E-state index contributed by atoms with van der Waals surface area (Å²) in [5.41, 5.74) is 0.429. The molecule has 0 aliphatic carbocycles. The third kappa shape index (κ3) is 6.40. The van der Waals surface area contributed by atoms with E-state index >= 15 is 0 Å². The number of carbonyl (C=O) groups excluding carboxylic acids is 2. The molecule has 0 spiro atoms. The van der Waals surface area contributed by atoms with Crippen molar-refractivity contribution < 1.29 is 19.2 Å². The number of nitro groups is 1. The number of hydrogen-bond donors (Lipinski definition) is 1. The number of likely N-dealkylation sites (N-methyl/N-ethyl adjacent to an activating group) is 1. The molecule has 0 heterocycles. The van der Waals surface area contributed by atoms with Crippen LogP contribution in [0, 0.1) is 10.1 Å². The number of carbonyl (C=O) groups is 2. The number of rotatable bonds is 8. The molecule has 2 aromatic rings. The molecule has 148 valence electrons. The molecule has 0 aromatic heterocycles. The minimum atomic E-state index is -0.509. The van der Waals surface area contributed by atoms with Crippen LogP contribution in [0.1, 0.15) is 6.42 Å². The first-order chi connectivity index (χ1) is 13.3. The van der Waals surface area contributed by atoms with Gasteiger partial charge in [-0.25, -0.2) is 0 Å². The first-order valence-electron chi connectivity index (χ1n) is 8.12. The number of nitrogens with zero attached hydrogens (tertiary/aromatic N) is 2. The Balaban J connectivity index is 1.76. The second-order valence-corrected chi connectivity index (χ2v) is 6.59. The number of amides is 2. The Morgan fingerprint density at radius 3 is 2.43 bits per heavy atom. The second-order valence-electron chi connectivity index (χ2n) is 5.78. The molecular weight excluding hydrogens is 409 g/mol. The maximum absolute atomic E-state index is 12.1. The van der Waals surface area contributed by atoms with Gasteiger partial charge >= 0.3 is 0 Å². The van der Waals surface area contributed by atoms with Gasteiger partial charge in [-0.3, -0.25) is 19.7 Å². The summed E-state index contributed by atoms with van der Waals surface area (Å²) in [5, 5.41) is 13.9. The van der Waals surface area contributed by atoms with E-state index in [1.807, 2.05) is 0 Å². The summed E-state index contributed by atoms with van der Waals surface area (Å²) in [5.74, 6) is -0.255. The average molecular weight is 426 g/mol. The number of non-ortho nitro benzene ring substituents is 1. The van der Waals surface area contributed by atoms with Gasteiger partial charge in [0.05, 0.1) is 34.5 Å². The van der Waals surface area contributed by atoms with Crippen LogP contribution < -0.4 is 10.1 Å². The first-order valence-corrected chi connectivity index (χ1v) is 8.88. The lowest BCUT2D eigenvalue weighted by Crippen LogP contribution is -2.35. The van der Waals surface area contributed by atoms with Gasteiger partial charge in [-0.15, -0.1) is 0 Å². The molecule has 2 rings (SSSR count). The lowest BCUT2D eigenvalue weighted by molar-refractivity contribution is -0.384. The van der Waals surface area contributed by atoms with Gasteiger partial charge < -0.3 is 15.0 Å². The predicted octanol–water partition coefficient (Wildman–Crippen LogP) is 3.77. The van der Waals surface area contributed by atoms with Crippen LogP contribution in [0.15, 0.2) is 42.5 Å². The van der Waals surface area contributed by atoms with Crippen molar-refractivity contribution in [3.63, 3.8) is 0 Å². The molecule has 2 aromatic carbocycles. The molecule has 0 atom stereocenters. The normalized spacial score (nSPS) is 10.2. The van der Waals surface area contributed by atoms with Crippen molar-refractivity contribution in [2.75, 3.05) is 25.5 Å². The molecule has 0 saturated heterocycles. The third-order valence-corrected chi connectivity index (χ3v) is 4.38. The van der Waals surface area contributed by atoms with Crippen molar-refractivity contribution in [3.8, 4) is 5.75 Å². The fraction of sp³-hybridized carbons (Fsp3) is 0.222. The largest absolute Gasteiger partial charge is 0.493 e. The lowest BCUT2D eigenvalue weighted by atomic mass is 10.3. The molecule has 0 unspecified atom stereocenters. The monoisotopic (exact) mass is 425 g/mol. The molecule has 0 bridgehead atoms. The number of benzene rings is 2. The van der Waals surface area contributed by atoms with Crippen molar-refractivity contribution in [3.05, 3.63) is 62.6 Å². The zero-order valence-corrected chi connectivity index (χ0v) is 16.4. The summed E-state index contributed by atoms with van der Waals surface area (Å²) in [4.78, 5) is 35.5. The van der Waals surface area contributed by atoms with E-state index < -0.39 is 4.92 Å². The Hall–Kier alpha value is -2.84. The predicted molar refractivity (Wildman–Crippen MR) is 106 cm³/mol. The number of ether oxygens (including phenoxy) is 1. The van der Waals surface area contributed by atoms with Gasteiger partial charge in [-0.05, 0) is 30.3 Å². The van der Waals surface area contributed by atoms with Crippen molar-refractivity contribution >= 4 is 46.4 Å². The quantitative estimate of drug-likeness (QED) is 0.512. The molecule has 0 radical (unpaired) electrons. The van der Waals surface area contributed by atoms with Gasteiger partial charge in [0.25, 0.3) is 5.69 Å². The van der Waals surface area contributed by atoms with Gasteiger partial charge in [-0.1, -0.05) is 23.2 Å². The summed E-state index contributed by atoms with van der Waals surface area (Å²) in [6.45, 7) is -0.0635. The summed E-state index contributed by atoms with van der Waals surface area (Å²) >= 11 is 11.7. The van der Waals surface area contributed by atoms with Gasteiger partial charge in [0.2, 0.25) is 11.8 Å². The van der Waals surface area contributed by atoms with E-state index in [0.717, 1.165) is 0 Å². The average Bonchev–Trinajstić information content (AvgIpc) is 2.65. The highest BCUT2D eigenvalue weighted by molar-refractivity contribution is 6.42. The Kier molecular flexibility index (Phi) is 7.60. The van der Waals surface area contributed by atoms with Crippen molar-refractivity contribution in [1.29, 1.82) is 0 Å². The fourth-order valence-electron chi connectivity index (χ4n) is 2.19. The van der Waals surface area contributed by atoms with E-state index in [1.54, 1.807) is 12.1 Å². The van der Waals surface area contributed by atoms with E-state index in [2.05, 4.69) is 5.32 Å². The molecule has 0 aliphatic heterocycles. The van der Waals surface area contributed by atoms with E-state index in [-0.39, 0.29) is 37.1 Å². The maximum Gasteiger partial charge on any atom is 0.269 e. The van der Waals surface area contributed by atoms with E-state index in [0.29, 0.717) is 21.5 Å². The SMILES string of the molecule is CN(CC(=O)Nc1ccc(Cl)c(Cl)c1)C(=O)CCOc1ccc([N+](=O)[O-])cc1. The number of halogens is 2. The van der Waals surface area contributed by atoms with Crippen LogP contribution in [-0.4, -0.2) is 41.8 Å². The van der Waals surface area contributed by atoms with E-state index in [9.17, 15) is 19.7 Å². The highest BCUT2D eigenvalue weighted by Crippen LogP contribution is 2.25. The van der Waals surface area contributed by atoms with Gasteiger partial charge in [0.1, 0.15) is 5.75 Å². The molecule has 0 saturated carbocycles. The number of anilines is 1. The Labute approximate surface area is 171 Å². The standard InChI is InChI=1S/C18H17Cl2N3O5/c1-22(11-17(24)21-12-2-7-15(19)16(20)10-12)18(25)8-9-28-14-5-3-13(4-6-14)23(26)27/h2-7,10H,8-9,11H2,1H3,(H,21,24). The van der Waals surface area contributed by atoms with Crippen molar-refractivity contribution in [2.45, 2.75) is 6.42 Å². The van der Waals surface area contributed by atoms with Crippen molar-refractivity contribution in [1.82, 2.24) is 4.90 Å². The smallest absolute Gasteiger partial charge is 0.269 e. The van der Waals surface area contributed by atoms with Crippen LogP contribution in [0.2, 0.25) is 10.0 Å². The number of nitro benzene ring substituents is 1. The summed E-state index contributed by atoms with van der Waals surface area (Å²) in [7, 11) is 1.50. The minimum Gasteiger partial charge on any atom is -0.493 e. The molecule has 0 fully saturated rings. The first kappa shape index (κ1) is 21.5. The molecule has 2 amide bonds. The minimum absolute atomic E-state index is 0.0452. The zero-order valence-electron chi connectivity index (χ0n) is 14.9. The molecule has 1 N–H and O–H groups in total. The molecule has 8 nitrogen and oxygen atoms in total. The zero-order chi connectivity index (χ0) is 20.7. The van der Waals surface area contributed by atoms with Gasteiger partial charge in [0, 0.05) is 24.9 Å². The Morgan fingerprint density at radius 2 is 1.82 bits per heavy atom. The second kappa shape index (κ2) is 9.91. The summed E-state index contributed by atoms with van der Waals surface area (Å²) < 4.78 is 5.39. The summed E-state index contributed by atoms with van der Waals surface area (Å²) in [6.07, 6.45) is 0.0491. The van der Waals surface area contributed by atoms with Crippen LogP contribution in [0.5, 0.6) is 5.75 Å². The number of nitrogens with one attached hydrogen (secondary N) is 1. The van der Waals surface area contributed by atoms with E-state index in [1.165, 1.54) is 42.3 Å². The van der Waals surface area contributed by atoms with E-state index in [4.69, 9.17) is 27.9 Å². The highest BCUT2D eigenvalue weighted by Gasteiger charge is 2.14. The Morgan fingerprint density at radius 1 is 1.14 bits per heavy atom. The molecule has 0 aliphatic rings. The van der Waals surface area contributed by atoms with Crippen LogP contribution in [-0.2, 0) is 9.59 Å². The van der Waals surface area contributed by atoms with Gasteiger partial charge in [-0.2, -0.15) is 0 Å². The van der Waals surface area contributed by atoms with Crippen LogP contribution in [0.4, 0.5) is 11.4 Å². The maximum atomic E-state index is 12.1. The van der Waals surface area contributed by atoms with Crippen LogP contribution in [0.25, 0.3) is 0 Å². The van der Waals surface area contributed by atoms with Crippen molar-refractivity contribution in [2.24, 2.45) is 0 Å². The van der Waals surface area contributed by atoms with Gasteiger partial charge in [0.15, 0.2) is 0 Å². The van der Waals surface area contributed by atoms with Crippen LogP contribution >= 0.6 is 23.2 Å².